The Bertz CT molecular complexity index is 438. The molecule has 2 saturated carbocycles. The molecule has 0 radical (unpaired) electrons. The summed E-state index contributed by atoms with van der Waals surface area (Å²) in [5, 5.41) is 9.70. The normalized spacial score (nSPS) is 20.4. The molecule has 1 N–H and O–H groups in total. The van der Waals surface area contributed by atoms with E-state index in [4.69, 9.17) is 0 Å². The predicted molar refractivity (Wildman–Crippen MR) is 82.4 cm³/mol. The summed E-state index contributed by atoms with van der Waals surface area (Å²) in [6.45, 7) is 4.22. The summed E-state index contributed by atoms with van der Waals surface area (Å²) in [4.78, 5) is 2.55. The second kappa shape index (κ2) is 5.45. The van der Waals surface area contributed by atoms with Crippen LogP contribution in [0.3, 0.4) is 0 Å². The van der Waals surface area contributed by atoms with Crippen LogP contribution in [0.25, 0.3) is 0 Å². The van der Waals surface area contributed by atoms with Gasteiger partial charge in [0, 0.05) is 23.2 Å². The summed E-state index contributed by atoms with van der Waals surface area (Å²) in [5.41, 5.74) is 2.27. The summed E-state index contributed by atoms with van der Waals surface area (Å²) >= 11 is 3.59. The molecule has 3 heteroatoms. The number of halogens is 1. The zero-order valence-corrected chi connectivity index (χ0v) is 13.1. The number of aliphatic hydroxyl groups is 1. The smallest absolute Gasteiger partial charge is 0.0772 e. The first-order valence-electron chi connectivity index (χ1n) is 7.36. The molecule has 1 aromatic carbocycles. The first kappa shape index (κ1) is 13.4. The molecule has 0 spiro atoms. The minimum Gasteiger partial charge on any atom is -0.389 e. The molecule has 2 aliphatic carbocycles. The molecule has 19 heavy (non-hydrogen) atoms. The van der Waals surface area contributed by atoms with Crippen molar-refractivity contribution in [3.8, 4) is 0 Å². The Balaban J connectivity index is 1.77. The Hall–Kier alpha value is -0.540. The van der Waals surface area contributed by atoms with Crippen molar-refractivity contribution in [3.63, 3.8) is 0 Å². The fraction of sp³-hybridized carbons (Fsp3) is 0.625. The third-order valence-corrected chi connectivity index (χ3v) is 4.84. The van der Waals surface area contributed by atoms with Gasteiger partial charge in [-0.2, -0.15) is 0 Å². The monoisotopic (exact) mass is 323 g/mol. The standard InChI is InChI=1S/C16H22BrNO/c1-11(19)15-7-6-14(8-16(15)17)18(9-12-2-3-12)10-13-4-5-13/h6-8,11-13,19H,2-5,9-10H2,1H3/t11-/m0/s1. The summed E-state index contributed by atoms with van der Waals surface area (Å²) in [6.07, 6.45) is 5.17. The zero-order chi connectivity index (χ0) is 13.4. The van der Waals surface area contributed by atoms with Crippen molar-refractivity contribution in [2.24, 2.45) is 11.8 Å². The highest BCUT2D eigenvalue weighted by Crippen LogP contribution is 2.37. The summed E-state index contributed by atoms with van der Waals surface area (Å²) in [5.74, 6) is 1.82. The van der Waals surface area contributed by atoms with Crippen molar-refractivity contribution in [1.82, 2.24) is 0 Å². The first-order valence-corrected chi connectivity index (χ1v) is 8.15. The fourth-order valence-electron chi connectivity index (χ4n) is 2.56. The quantitative estimate of drug-likeness (QED) is 0.850. The van der Waals surface area contributed by atoms with Gasteiger partial charge < -0.3 is 10.0 Å². The van der Waals surface area contributed by atoms with Crippen LogP contribution in [0.15, 0.2) is 22.7 Å². The minimum absolute atomic E-state index is 0.413. The maximum atomic E-state index is 9.70. The highest BCUT2D eigenvalue weighted by Gasteiger charge is 2.29. The van der Waals surface area contributed by atoms with Gasteiger partial charge in [0.1, 0.15) is 0 Å². The third kappa shape index (κ3) is 3.51. The van der Waals surface area contributed by atoms with E-state index in [0.717, 1.165) is 21.9 Å². The molecule has 2 fully saturated rings. The van der Waals surface area contributed by atoms with Crippen LogP contribution >= 0.6 is 15.9 Å². The molecule has 0 heterocycles. The molecular weight excluding hydrogens is 302 g/mol. The van der Waals surface area contributed by atoms with E-state index in [9.17, 15) is 5.11 Å². The molecule has 1 atom stereocenters. The van der Waals surface area contributed by atoms with E-state index < -0.39 is 6.10 Å². The Kier molecular flexibility index (Phi) is 3.86. The van der Waals surface area contributed by atoms with Gasteiger partial charge in [-0.3, -0.25) is 0 Å². The highest BCUT2D eigenvalue weighted by molar-refractivity contribution is 9.10. The van der Waals surface area contributed by atoms with Crippen LogP contribution in [0.5, 0.6) is 0 Å². The van der Waals surface area contributed by atoms with Gasteiger partial charge in [0.15, 0.2) is 0 Å². The van der Waals surface area contributed by atoms with Crippen molar-refractivity contribution in [3.05, 3.63) is 28.2 Å². The van der Waals surface area contributed by atoms with E-state index in [1.165, 1.54) is 44.5 Å². The van der Waals surface area contributed by atoms with Crippen molar-refractivity contribution in [2.45, 2.75) is 38.7 Å². The molecule has 0 saturated heterocycles. The predicted octanol–water partition coefficient (Wildman–Crippen LogP) is 4.13. The van der Waals surface area contributed by atoms with Crippen LogP contribution in [0.1, 0.15) is 44.3 Å². The van der Waals surface area contributed by atoms with Crippen molar-refractivity contribution in [2.75, 3.05) is 18.0 Å². The Morgan fingerprint density at radius 3 is 2.21 bits per heavy atom. The molecule has 0 aromatic heterocycles. The van der Waals surface area contributed by atoms with Crippen LogP contribution in [0.4, 0.5) is 5.69 Å². The molecule has 0 unspecified atom stereocenters. The summed E-state index contributed by atoms with van der Waals surface area (Å²) in [7, 11) is 0. The Morgan fingerprint density at radius 1 is 1.21 bits per heavy atom. The Labute approximate surface area is 123 Å². The van der Waals surface area contributed by atoms with Gasteiger partial charge in [0.05, 0.1) is 6.10 Å². The first-order chi connectivity index (χ1) is 9.13. The van der Waals surface area contributed by atoms with Crippen LogP contribution in [0, 0.1) is 11.8 Å². The second-order valence-corrected chi connectivity index (χ2v) is 7.03. The zero-order valence-electron chi connectivity index (χ0n) is 11.5. The summed E-state index contributed by atoms with van der Waals surface area (Å²) < 4.78 is 1.02. The molecule has 1 aromatic rings. The molecule has 0 bridgehead atoms. The summed E-state index contributed by atoms with van der Waals surface area (Å²) in [6, 6.07) is 6.39. The maximum absolute atomic E-state index is 9.70. The Morgan fingerprint density at radius 2 is 1.79 bits per heavy atom. The van der Waals surface area contributed by atoms with E-state index in [2.05, 4.69) is 39.0 Å². The number of rotatable bonds is 6. The topological polar surface area (TPSA) is 23.5 Å². The average molecular weight is 324 g/mol. The molecule has 0 amide bonds. The van der Waals surface area contributed by atoms with Gasteiger partial charge in [0.25, 0.3) is 0 Å². The molecule has 2 nitrogen and oxygen atoms in total. The fourth-order valence-corrected chi connectivity index (χ4v) is 3.26. The number of anilines is 1. The highest BCUT2D eigenvalue weighted by atomic mass is 79.9. The molecular formula is C16H22BrNO. The second-order valence-electron chi connectivity index (χ2n) is 6.17. The lowest BCUT2D eigenvalue weighted by Gasteiger charge is -2.26. The van der Waals surface area contributed by atoms with Gasteiger partial charge >= 0.3 is 0 Å². The van der Waals surface area contributed by atoms with E-state index in [1.807, 2.05) is 6.92 Å². The van der Waals surface area contributed by atoms with Crippen LogP contribution < -0.4 is 4.90 Å². The number of nitrogens with zero attached hydrogens (tertiary/aromatic N) is 1. The van der Waals surface area contributed by atoms with Crippen molar-refractivity contribution >= 4 is 21.6 Å². The maximum Gasteiger partial charge on any atom is 0.0772 e. The van der Waals surface area contributed by atoms with Gasteiger partial charge in [-0.15, -0.1) is 0 Å². The third-order valence-electron chi connectivity index (χ3n) is 4.15. The average Bonchev–Trinajstić information content (AvgIpc) is 3.22. The van der Waals surface area contributed by atoms with E-state index in [0.29, 0.717) is 0 Å². The molecule has 3 rings (SSSR count). The molecule has 0 aliphatic heterocycles. The van der Waals surface area contributed by atoms with Crippen molar-refractivity contribution in [1.29, 1.82) is 0 Å². The molecule has 104 valence electrons. The van der Waals surface area contributed by atoms with Gasteiger partial charge in [-0.05, 0) is 62.1 Å². The lowest BCUT2D eigenvalue weighted by atomic mass is 10.1. The lowest BCUT2D eigenvalue weighted by molar-refractivity contribution is 0.198. The van der Waals surface area contributed by atoms with Gasteiger partial charge in [-0.1, -0.05) is 22.0 Å². The van der Waals surface area contributed by atoms with Crippen molar-refractivity contribution < 1.29 is 5.11 Å². The largest absolute Gasteiger partial charge is 0.389 e. The SMILES string of the molecule is C[C@H](O)c1ccc(N(CC2CC2)CC2CC2)cc1Br. The van der Waals surface area contributed by atoms with Gasteiger partial charge in [-0.25, -0.2) is 0 Å². The lowest BCUT2D eigenvalue weighted by Crippen LogP contribution is -2.28. The van der Waals surface area contributed by atoms with E-state index in [1.54, 1.807) is 0 Å². The van der Waals surface area contributed by atoms with E-state index in [-0.39, 0.29) is 0 Å². The number of benzene rings is 1. The number of hydrogen-bond acceptors (Lipinski definition) is 2. The van der Waals surface area contributed by atoms with Crippen LogP contribution in [0.2, 0.25) is 0 Å². The molecule has 2 aliphatic rings. The number of aliphatic hydroxyl groups excluding tert-OH is 1. The minimum atomic E-state index is -0.413. The van der Waals surface area contributed by atoms with Crippen LogP contribution in [-0.4, -0.2) is 18.2 Å². The number of hydrogen-bond donors (Lipinski definition) is 1. The van der Waals surface area contributed by atoms with Gasteiger partial charge in [0.2, 0.25) is 0 Å². The van der Waals surface area contributed by atoms with E-state index >= 15 is 0 Å². The van der Waals surface area contributed by atoms with Crippen LogP contribution in [-0.2, 0) is 0 Å².